The highest BCUT2D eigenvalue weighted by Gasteiger charge is 2.49. The molecule has 4 nitrogen and oxygen atoms in total. The van der Waals surface area contributed by atoms with E-state index in [0.29, 0.717) is 12.2 Å². The van der Waals surface area contributed by atoms with Gasteiger partial charge in [-0.05, 0) is 31.7 Å². The van der Waals surface area contributed by atoms with Crippen molar-refractivity contribution in [1.29, 1.82) is 0 Å². The molecule has 0 radical (unpaired) electrons. The van der Waals surface area contributed by atoms with Crippen LogP contribution in [0.5, 0.6) is 0 Å². The summed E-state index contributed by atoms with van der Waals surface area (Å²) in [5, 5.41) is 0. The van der Waals surface area contributed by atoms with Gasteiger partial charge in [0.05, 0.1) is 13.2 Å². The molecule has 0 saturated heterocycles. The summed E-state index contributed by atoms with van der Waals surface area (Å²) in [6.07, 6.45) is 0.423. The first-order valence-electron chi connectivity index (χ1n) is 8.42. The fourth-order valence-corrected chi connectivity index (χ4v) is 3.81. The molecular formula is C19H28O4S. The van der Waals surface area contributed by atoms with Crippen LogP contribution < -0.4 is 0 Å². The number of ether oxygens (including phenoxy) is 2. The Bertz CT molecular complexity index is 495. The van der Waals surface area contributed by atoms with Crippen molar-refractivity contribution >= 4 is 23.7 Å². The summed E-state index contributed by atoms with van der Waals surface area (Å²) >= 11 is 1.56. The molecular weight excluding hydrogens is 324 g/mol. The number of esters is 2. The maximum Gasteiger partial charge on any atom is 0.324 e. The predicted molar refractivity (Wildman–Crippen MR) is 97.8 cm³/mol. The number of hydrogen-bond donors (Lipinski definition) is 0. The molecule has 0 amide bonds. The molecule has 0 atom stereocenters. The highest BCUT2D eigenvalue weighted by Crippen LogP contribution is 2.35. The van der Waals surface area contributed by atoms with Crippen molar-refractivity contribution in [3.05, 3.63) is 35.9 Å². The zero-order valence-corrected chi connectivity index (χ0v) is 15.9. The summed E-state index contributed by atoms with van der Waals surface area (Å²) in [7, 11) is 0. The minimum absolute atomic E-state index is 0.177. The molecule has 0 fully saturated rings. The molecule has 0 unspecified atom stereocenters. The van der Waals surface area contributed by atoms with Gasteiger partial charge in [0.1, 0.15) is 0 Å². The Balaban J connectivity index is 2.94. The Kier molecular flexibility index (Phi) is 8.90. The molecule has 1 aromatic rings. The molecule has 134 valence electrons. The van der Waals surface area contributed by atoms with E-state index in [2.05, 4.69) is 0 Å². The molecule has 0 aromatic heterocycles. The van der Waals surface area contributed by atoms with Crippen LogP contribution in [0.15, 0.2) is 30.3 Å². The first-order chi connectivity index (χ1) is 11.5. The Labute approximate surface area is 149 Å². The lowest BCUT2D eigenvalue weighted by atomic mass is 9.81. The third kappa shape index (κ3) is 5.86. The van der Waals surface area contributed by atoms with Gasteiger partial charge in [0.2, 0.25) is 0 Å². The number of thioether (sulfide) groups is 1. The van der Waals surface area contributed by atoms with Crippen LogP contribution in [0.1, 0.15) is 39.7 Å². The van der Waals surface area contributed by atoms with Crippen molar-refractivity contribution in [2.45, 2.75) is 39.9 Å². The number of carbonyl (C=O) groups excluding carboxylic acids is 2. The maximum absolute atomic E-state index is 12.6. The first-order valence-corrected chi connectivity index (χ1v) is 9.57. The van der Waals surface area contributed by atoms with E-state index in [1.807, 2.05) is 44.2 Å². The molecule has 0 saturated carbocycles. The van der Waals surface area contributed by atoms with Gasteiger partial charge < -0.3 is 9.47 Å². The Hall–Kier alpha value is -1.49. The normalized spacial score (nSPS) is 11.4. The van der Waals surface area contributed by atoms with E-state index in [9.17, 15) is 9.59 Å². The molecule has 5 heteroatoms. The minimum atomic E-state index is -1.24. The molecule has 24 heavy (non-hydrogen) atoms. The van der Waals surface area contributed by atoms with Crippen LogP contribution in [0.3, 0.4) is 0 Å². The molecule has 0 heterocycles. The van der Waals surface area contributed by atoms with Crippen molar-refractivity contribution in [2.24, 2.45) is 11.3 Å². The number of benzene rings is 1. The summed E-state index contributed by atoms with van der Waals surface area (Å²) in [5.74, 6) is 0.323. The molecule has 0 aliphatic rings. The average molecular weight is 352 g/mol. The fourth-order valence-electron chi connectivity index (χ4n) is 2.58. The van der Waals surface area contributed by atoms with Gasteiger partial charge in [0, 0.05) is 11.5 Å². The molecule has 0 N–H and O–H groups in total. The zero-order valence-electron chi connectivity index (χ0n) is 15.0. The van der Waals surface area contributed by atoms with E-state index in [-0.39, 0.29) is 19.1 Å². The van der Waals surface area contributed by atoms with Gasteiger partial charge in [-0.1, -0.05) is 44.2 Å². The second-order valence-electron chi connectivity index (χ2n) is 6.10. The number of hydrogen-bond acceptors (Lipinski definition) is 5. The van der Waals surface area contributed by atoms with Crippen molar-refractivity contribution in [3.63, 3.8) is 0 Å². The molecule has 0 spiro atoms. The monoisotopic (exact) mass is 352 g/mol. The van der Waals surface area contributed by atoms with Crippen LogP contribution in [0.25, 0.3) is 0 Å². The van der Waals surface area contributed by atoms with Gasteiger partial charge in [-0.2, -0.15) is 11.8 Å². The summed E-state index contributed by atoms with van der Waals surface area (Å²) in [5.41, 5.74) is -0.0757. The number of carbonyl (C=O) groups is 2. The largest absolute Gasteiger partial charge is 0.465 e. The molecule has 0 aliphatic carbocycles. The van der Waals surface area contributed by atoms with Crippen LogP contribution in [-0.4, -0.2) is 30.9 Å². The van der Waals surface area contributed by atoms with Gasteiger partial charge in [-0.25, -0.2) is 0 Å². The van der Waals surface area contributed by atoms with Crippen molar-refractivity contribution in [1.82, 2.24) is 0 Å². The predicted octanol–water partition coefficient (Wildman–Crippen LogP) is 4.08. The van der Waals surface area contributed by atoms with E-state index in [1.165, 1.54) is 0 Å². The van der Waals surface area contributed by atoms with Gasteiger partial charge in [-0.3, -0.25) is 9.59 Å². The third-order valence-corrected chi connectivity index (χ3v) is 4.78. The van der Waals surface area contributed by atoms with Gasteiger partial charge >= 0.3 is 11.9 Å². The minimum Gasteiger partial charge on any atom is -0.465 e. The second-order valence-corrected chi connectivity index (χ2v) is 7.09. The average Bonchev–Trinajstić information content (AvgIpc) is 2.54. The van der Waals surface area contributed by atoms with Gasteiger partial charge in [-0.15, -0.1) is 0 Å². The van der Waals surface area contributed by atoms with Crippen LogP contribution in [0, 0.1) is 11.3 Å². The van der Waals surface area contributed by atoms with Crippen molar-refractivity contribution in [3.8, 4) is 0 Å². The maximum atomic E-state index is 12.6. The van der Waals surface area contributed by atoms with Crippen LogP contribution >= 0.6 is 11.8 Å². The summed E-state index contributed by atoms with van der Waals surface area (Å²) < 4.78 is 10.5. The lowest BCUT2D eigenvalue weighted by molar-refractivity contribution is -0.171. The Morgan fingerprint density at radius 2 is 1.58 bits per heavy atom. The number of rotatable bonds is 10. The van der Waals surface area contributed by atoms with E-state index in [0.717, 1.165) is 11.3 Å². The molecule has 1 rings (SSSR count). The fraction of sp³-hybridized carbons (Fsp3) is 0.579. The topological polar surface area (TPSA) is 52.6 Å². The van der Waals surface area contributed by atoms with E-state index in [4.69, 9.17) is 9.47 Å². The van der Waals surface area contributed by atoms with Crippen molar-refractivity contribution < 1.29 is 19.1 Å². The zero-order chi connectivity index (χ0) is 18.0. The highest BCUT2D eigenvalue weighted by molar-refractivity contribution is 7.98. The van der Waals surface area contributed by atoms with Crippen LogP contribution in [0.2, 0.25) is 0 Å². The second kappa shape index (κ2) is 10.4. The summed E-state index contributed by atoms with van der Waals surface area (Å²) in [6.45, 7) is 7.99. The van der Waals surface area contributed by atoms with Gasteiger partial charge in [0.15, 0.2) is 5.41 Å². The van der Waals surface area contributed by atoms with E-state index in [1.54, 1.807) is 25.6 Å². The van der Waals surface area contributed by atoms with Crippen molar-refractivity contribution in [2.75, 3.05) is 19.0 Å². The molecule has 0 aliphatic heterocycles. The summed E-state index contributed by atoms with van der Waals surface area (Å²) in [4.78, 5) is 25.2. The van der Waals surface area contributed by atoms with Crippen LogP contribution in [0.4, 0.5) is 0 Å². The molecule has 0 bridgehead atoms. The molecule has 1 aromatic carbocycles. The summed E-state index contributed by atoms with van der Waals surface area (Å²) in [6, 6.07) is 9.99. The van der Waals surface area contributed by atoms with Gasteiger partial charge in [0.25, 0.3) is 0 Å². The third-order valence-electron chi connectivity index (χ3n) is 3.55. The Morgan fingerprint density at radius 3 is 2.04 bits per heavy atom. The highest BCUT2D eigenvalue weighted by atomic mass is 32.2. The van der Waals surface area contributed by atoms with Crippen LogP contribution in [-0.2, 0) is 24.8 Å². The standard InChI is InChI=1S/C19H28O4S/c1-5-22-17(20)19(12-15(3)4,18(21)23-6-2)14-24-13-16-10-8-7-9-11-16/h7-11,15H,5-6,12-14H2,1-4H3. The SMILES string of the molecule is CCOC(=O)C(CSCc1ccccc1)(CC(C)C)C(=O)OCC. The smallest absolute Gasteiger partial charge is 0.324 e. The van der Waals surface area contributed by atoms with E-state index >= 15 is 0 Å². The van der Waals surface area contributed by atoms with E-state index < -0.39 is 17.4 Å². The lowest BCUT2D eigenvalue weighted by Gasteiger charge is -2.30. The quantitative estimate of drug-likeness (QED) is 0.469. The Morgan fingerprint density at radius 1 is 1.04 bits per heavy atom. The lowest BCUT2D eigenvalue weighted by Crippen LogP contribution is -2.45. The first kappa shape index (κ1) is 20.6.